The Kier molecular flexibility index (Phi) is 8.48. The Hall–Kier alpha value is -3.60. The van der Waals surface area contributed by atoms with Crippen molar-refractivity contribution in [2.24, 2.45) is 39.7 Å². The molecular weight excluding hydrogens is 554 g/mol. The highest BCUT2D eigenvalue weighted by molar-refractivity contribution is 5.96. The van der Waals surface area contributed by atoms with Crippen molar-refractivity contribution in [3.05, 3.63) is 51.6 Å². The van der Waals surface area contributed by atoms with Crippen molar-refractivity contribution in [2.45, 2.75) is 84.3 Å². The second-order valence-electron chi connectivity index (χ2n) is 13.3. The zero-order valence-electron chi connectivity index (χ0n) is 25.0. The van der Waals surface area contributed by atoms with E-state index in [-0.39, 0.29) is 28.0 Å². The van der Waals surface area contributed by atoms with E-state index >= 15 is 0 Å². The molecule has 0 spiro atoms. The number of benzene rings is 1. The smallest absolute Gasteiger partial charge is 0.329 e. The van der Waals surface area contributed by atoms with E-state index in [9.17, 15) is 34.7 Å². The molecule has 0 unspecified atom stereocenters. The minimum absolute atomic E-state index is 0.0103. The molecule has 3 saturated carbocycles. The molecule has 8 atom stereocenters. The van der Waals surface area contributed by atoms with Gasteiger partial charge in [-0.25, -0.2) is 4.79 Å². The minimum Gasteiger partial charge on any atom is -0.480 e. The molecule has 3 fully saturated rings. The number of nitro benzene ring substituents is 1. The molecular formula is C32H41N3O8. The number of oxime groups is 1. The summed E-state index contributed by atoms with van der Waals surface area (Å²) in [7, 11) is 0. The topological polar surface area (TPSA) is 168 Å². The first-order valence-electron chi connectivity index (χ1n) is 15.2. The van der Waals surface area contributed by atoms with Crippen molar-refractivity contribution in [2.75, 3.05) is 6.61 Å². The second-order valence-corrected chi connectivity index (χ2v) is 13.3. The molecule has 5 rings (SSSR count). The summed E-state index contributed by atoms with van der Waals surface area (Å²) in [5.41, 5.74) is 1.98. The number of carboxylic acid groups (broad SMARTS) is 1. The molecule has 0 bridgehead atoms. The van der Waals surface area contributed by atoms with E-state index in [1.54, 1.807) is 6.92 Å². The summed E-state index contributed by atoms with van der Waals surface area (Å²) < 4.78 is 0. The van der Waals surface area contributed by atoms with Gasteiger partial charge in [-0.15, -0.1) is 0 Å². The Morgan fingerprint density at radius 2 is 1.91 bits per heavy atom. The molecule has 3 N–H and O–H groups in total. The van der Waals surface area contributed by atoms with Gasteiger partial charge in [-0.1, -0.05) is 36.7 Å². The predicted octanol–water partition coefficient (Wildman–Crippen LogP) is 4.74. The minimum atomic E-state index is -1.73. The number of nitrogens with zero attached hydrogens (tertiary/aromatic N) is 2. The van der Waals surface area contributed by atoms with Gasteiger partial charge >= 0.3 is 5.97 Å². The van der Waals surface area contributed by atoms with Crippen molar-refractivity contribution in [3.8, 4) is 0 Å². The van der Waals surface area contributed by atoms with Gasteiger partial charge < -0.3 is 20.4 Å². The third-order valence-corrected chi connectivity index (χ3v) is 11.2. The summed E-state index contributed by atoms with van der Waals surface area (Å²) in [6.07, 6.45) is 8.50. The maximum Gasteiger partial charge on any atom is 0.329 e. The number of carbonyl (C=O) groups excluding carboxylic acids is 2. The van der Waals surface area contributed by atoms with Crippen LogP contribution >= 0.6 is 0 Å². The fourth-order valence-electron chi connectivity index (χ4n) is 8.99. The Bertz CT molecular complexity index is 1370. The summed E-state index contributed by atoms with van der Waals surface area (Å²) in [5.74, 6) is 0.0504. The number of aliphatic hydroxyl groups is 1. The summed E-state index contributed by atoms with van der Waals surface area (Å²) in [6.45, 7) is 5.94. The van der Waals surface area contributed by atoms with Crippen molar-refractivity contribution < 1.29 is 34.4 Å². The number of hydrogen-bond donors (Lipinski definition) is 3. The lowest BCUT2D eigenvalue weighted by atomic mass is 9.46. The number of carboxylic acids is 1. The summed E-state index contributed by atoms with van der Waals surface area (Å²) in [6, 6.07) is 3.23. The number of fused-ring (bicyclic) bond motifs is 5. The zero-order chi connectivity index (χ0) is 31.1. The van der Waals surface area contributed by atoms with Crippen LogP contribution in [-0.2, 0) is 19.2 Å². The first-order valence-corrected chi connectivity index (χ1v) is 15.2. The van der Waals surface area contributed by atoms with Crippen LogP contribution in [-0.4, -0.2) is 51.2 Å². The lowest BCUT2D eigenvalue weighted by molar-refractivity contribution is -0.385. The number of aliphatic carboxylic acids is 1. The average molecular weight is 596 g/mol. The van der Waals surface area contributed by atoms with Crippen LogP contribution in [0.15, 0.2) is 41.1 Å². The van der Waals surface area contributed by atoms with Crippen LogP contribution < -0.4 is 5.32 Å². The van der Waals surface area contributed by atoms with Gasteiger partial charge in [0.2, 0.25) is 0 Å². The van der Waals surface area contributed by atoms with Gasteiger partial charge in [0.1, 0.15) is 11.9 Å². The molecule has 1 aromatic carbocycles. The number of aliphatic hydroxyl groups excluding tert-OH is 1. The van der Waals surface area contributed by atoms with E-state index in [1.165, 1.54) is 23.8 Å². The van der Waals surface area contributed by atoms with Crippen molar-refractivity contribution in [1.82, 2.24) is 5.32 Å². The second kappa shape index (κ2) is 11.8. The van der Waals surface area contributed by atoms with Crippen molar-refractivity contribution >= 4 is 29.1 Å². The molecule has 43 heavy (non-hydrogen) atoms. The number of amides is 1. The molecule has 4 aliphatic rings. The molecule has 0 saturated heterocycles. The number of hydrogen-bond acceptors (Lipinski definition) is 8. The molecule has 1 amide bonds. The Balaban J connectivity index is 1.20. The van der Waals surface area contributed by atoms with Crippen molar-refractivity contribution in [3.63, 3.8) is 0 Å². The number of allylic oxidation sites excluding steroid dienone is 2. The molecule has 11 nitrogen and oxygen atoms in total. The van der Waals surface area contributed by atoms with Gasteiger partial charge in [0.05, 0.1) is 10.6 Å². The number of nitrogens with one attached hydrogen (secondary N) is 1. The van der Waals surface area contributed by atoms with Gasteiger partial charge in [-0.3, -0.25) is 19.7 Å². The maximum absolute atomic E-state index is 12.5. The van der Waals surface area contributed by atoms with Crippen LogP contribution in [0.25, 0.3) is 0 Å². The van der Waals surface area contributed by atoms with Crippen LogP contribution in [0.4, 0.5) is 5.69 Å². The van der Waals surface area contributed by atoms with Crippen LogP contribution in [0.2, 0.25) is 0 Å². The highest BCUT2D eigenvalue weighted by Crippen LogP contribution is 2.66. The molecule has 0 aliphatic heterocycles. The Morgan fingerprint density at radius 3 is 2.60 bits per heavy atom. The number of Topliss-reactive ketones (excluding diaryl/α,β-unsaturated/α-hetero) is 1. The lowest BCUT2D eigenvalue weighted by Gasteiger charge is -2.58. The first-order chi connectivity index (χ1) is 20.3. The Labute approximate surface area is 250 Å². The normalized spacial score (nSPS) is 33.7. The monoisotopic (exact) mass is 595 g/mol. The van der Waals surface area contributed by atoms with E-state index in [4.69, 9.17) is 4.84 Å². The van der Waals surface area contributed by atoms with Gasteiger partial charge in [-0.05, 0) is 98.5 Å². The highest BCUT2D eigenvalue weighted by Gasteiger charge is 2.59. The highest BCUT2D eigenvalue weighted by atomic mass is 16.6. The zero-order valence-corrected chi connectivity index (χ0v) is 25.0. The quantitative estimate of drug-likeness (QED) is 0.272. The summed E-state index contributed by atoms with van der Waals surface area (Å²) in [5, 5.41) is 37.6. The van der Waals surface area contributed by atoms with Crippen LogP contribution in [0, 0.1) is 44.6 Å². The third-order valence-electron chi connectivity index (χ3n) is 11.2. The largest absolute Gasteiger partial charge is 0.480 e. The SMILES string of the molecule is CC(=O)[C@@H]1CC[C@@H]2[C@@H]3CCC4=CC(=NOCC(=O)N[C@H](C(=O)O)[C@H](O)c5cccc([N+](=O)[O-])c5)CC[C@]4(C)[C@@H]3CC[C@@]21C. The molecule has 0 radical (unpaired) electrons. The number of non-ortho nitro benzene ring substituents is 1. The number of rotatable bonds is 9. The van der Waals surface area contributed by atoms with Gasteiger partial charge in [0, 0.05) is 18.1 Å². The fourth-order valence-corrected chi connectivity index (χ4v) is 8.99. The lowest BCUT2D eigenvalue weighted by Crippen LogP contribution is -2.51. The number of ketones is 1. The van der Waals surface area contributed by atoms with E-state index in [1.807, 2.05) is 0 Å². The van der Waals surface area contributed by atoms with Gasteiger partial charge in [-0.2, -0.15) is 0 Å². The number of nitro groups is 1. The van der Waals surface area contributed by atoms with E-state index in [0.717, 1.165) is 56.7 Å². The molecule has 0 aromatic heterocycles. The van der Waals surface area contributed by atoms with Gasteiger partial charge in [0.15, 0.2) is 12.6 Å². The van der Waals surface area contributed by atoms with E-state index < -0.39 is 35.6 Å². The van der Waals surface area contributed by atoms with Crippen LogP contribution in [0.3, 0.4) is 0 Å². The average Bonchev–Trinajstić information content (AvgIpc) is 3.33. The van der Waals surface area contributed by atoms with E-state index in [0.29, 0.717) is 30.0 Å². The molecule has 1 aromatic rings. The summed E-state index contributed by atoms with van der Waals surface area (Å²) in [4.78, 5) is 52.4. The standard InChI is InChI=1S/C32H41N3O8/c1-18(36)24-9-10-25-23-8-7-20-16-21(11-13-31(20,2)26(23)12-14-32(24,25)3)34-43-17-27(37)33-28(30(39)40)29(38)19-5-4-6-22(15-19)35(41)42/h4-6,15-16,23-26,28-29,38H,7-14,17H2,1-3H3,(H,33,37)(H,39,40)/t23-,24-,25+,26+,28-,29+,31-,32+/m0/s1. The number of carbonyl (C=O) groups is 3. The van der Waals surface area contributed by atoms with E-state index in [2.05, 4.69) is 30.4 Å². The first kappa shape index (κ1) is 30.8. The maximum atomic E-state index is 12.5. The molecule has 232 valence electrons. The Morgan fingerprint density at radius 1 is 1.14 bits per heavy atom. The molecule has 0 heterocycles. The van der Waals surface area contributed by atoms with Gasteiger partial charge in [0.25, 0.3) is 11.6 Å². The van der Waals surface area contributed by atoms with Crippen molar-refractivity contribution in [1.29, 1.82) is 0 Å². The third kappa shape index (κ3) is 5.71. The van der Waals surface area contributed by atoms with Crippen LogP contribution in [0.5, 0.6) is 0 Å². The van der Waals surface area contributed by atoms with Crippen LogP contribution in [0.1, 0.15) is 83.8 Å². The fraction of sp³-hybridized carbons (Fsp3) is 0.625. The summed E-state index contributed by atoms with van der Waals surface area (Å²) >= 11 is 0. The molecule has 4 aliphatic carbocycles. The molecule has 11 heteroatoms. The predicted molar refractivity (Wildman–Crippen MR) is 157 cm³/mol.